The third-order valence-corrected chi connectivity index (χ3v) is 13.7. The van der Waals surface area contributed by atoms with Gasteiger partial charge < -0.3 is 19.4 Å². The number of likely N-dealkylation sites (N-methyl/N-ethyl adjacent to an activating group) is 1. The molecule has 0 spiro atoms. The van der Waals surface area contributed by atoms with Crippen molar-refractivity contribution in [1.29, 1.82) is 0 Å². The molecule has 1 amide bonds. The lowest BCUT2D eigenvalue weighted by Gasteiger charge is -2.27. The van der Waals surface area contributed by atoms with Gasteiger partial charge in [-0.05, 0) is 109 Å². The molecule has 0 aliphatic carbocycles. The van der Waals surface area contributed by atoms with Crippen LogP contribution in [0.25, 0.3) is 0 Å². The monoisotopic (exact) mass is 1070 g/mol. The predicted octanol–water partition coefficient (Wildman–Crippen LogP) is 18.6. The minimum Gasteiger partial charge on any atom is -0.456 e. The lowest BCUT2D eigenvalue weighted by molar-refractivity contribution is -0.870. The van der Waals surface area contributed by atoms with E-state index in [2.05, 4.69) is 123 Å². The standard InChI is InChI=1S/C65H113N2O7P/c1-7-10-13-16-19-22-25-28-30-31-32-33-34-35-36-37-38-40-43-46-49-52-55-58-65(69)74-63(56-53-50-47-44-41-27-24-21-18-15-12-9-3)62(61-73-75(70,71)72-60-59-67(4,5)6)66-64(68)57-54-51-48-45-42-39-29-26-23-20-17-14-11-8-2/h10-11,13-14,19-20,22-23,28-30,32-33,35-36,39,53,56,62-63H,7-9,12,15-18,21,24-27,31,34,37-38,40-52,54-55,57-61H2,1-6H3,(H-,66,68,70,71)/p+1/b13-10-,14-11+,22-19-,23-20+,30-28-,33-32-,36-35-,39-29+,56-53-. The second kappa shape index (κ2) is 54.0. The number of rotatable bonds is 53. The number of nitrogens with zero attached hydrogens (tertiary/aromatic N) is 1. The molecular weight excluding hydrogens is 952 g/mol. The molecule has 0 saturated carbocycles. The molecule has 0 aliphatic heterocycles. The van der Waals surface area contributed by atoms with E-state index in [0.717, 1.165) is 128 Å². The van der Waals surface area contributed by atoms with Gasteiger partial charge in [0.15, 0.2) is 0 Å². The first-order valence-electron chi connectivity index (χ1n) is 30.2. The first kappa shape index (κ1) is 71.7. The second-order valence-electron chi connectivity index (χ2n) is 21.1. The number of nitrogens with one attached hydrogen (secondary N) is 1. The number of phosphoric acid groups is 1. The van der Waals surface area contributed by atoms with E-state index in [1.807, 2.05) is 33.3 Å². The number of amides is 1. The molecule has 0 radical (unpaired) electrons. The summed E-state index contributed by atoms with van der Waals surface area (Å²) in [5.41, 5.74) is 0. The third-order valence-electron chi connectivity index (χ3n) is 12.7. The van der Waals surface area contributed by atoms with E-state index in [1.54, 1.807) is 0 Å². The van der Waals surface area contributed by atoms with Crippen molar-refractivity contribution in [3.63, 3.8) is 0 Å². The van der Waals surface area contributed by atoms with Crippen LogP contribution in [0, 0.1) is 0 Å². The number of carbonyl (C=O) groups excluding carboxylic acids is 2. The number of allylic oxidation sites excluding steroid dienone is 17. The molecule has 0 rings (SSSR count). The Kier molecular flexibility index (Phi) is 51.6. The number of quaternary nitrogens is 1. The van der Waals surface area contributed by atoms with Gasteiger partial charge in [-0.25, -0.2) is 4.57 Å². The Hall–Kier alpha value is -3.33. The van der Waals surface area contributed by atoms with Gasteiger partial charge >= 0.3 is 13.8 Å². The van der Waals surface area contributed by atoms with Crippen molar-refractivity contribution in [3.8, 4) is 0 Å². The van der Waals surface area contributed by atoms with E-state index < -0.39 is 20.0 Å². The zero-order chi connectivity index (χ0) is 55.0. The molecule has 2 N–H and O–H groups in total. The molecule has 3 unspecified atom stereocenters. The fourth-order valence-corrected chi connectivity index (χ4v) is 8.83. The summed E-state index contributed by atoms with van der Waals surface area (Å²) in [5, 5.41) is 3.03. The van der Waals surface area contributed by atoms with E-state index in [9.17, 15) is 19.0 Å². The van der Waals surface area contributed by atoms with Gasteiger partial charge in [0.2, 0.25) is 5.91 Å². The summed E-state index contributed by atoms with van der Waals surface area (Å²) in [6.07, 6.45) is 73.7. The first-order valence-corrected chi connectivity index (χ1v) is 31.7. The highest BCUT2D eigenvalue weighted by Gasteiger charge is 2.30. The maximum atomic E-state index is 13.5. The van der Waals surface area contributed by atoms with Crippen LogP contribution in [0.2, 0.25) is 0 Å². The highest BCUT2D eigenvalue weighted by Crippen LogP contribution is 2.43. The molecular formula is C65H114N2O7P+. The average molecular weight is 1070 g/mol. The average Bonchev–Trinajstić information content (AvgIpc) is 3.37. The van der Waals surface area contributed by atoms with Crippen molar-refractivity contribution >= 4 is 19.7 Å². The normalized spacial score (nSPS) is 14.5. The Labute approximate surface area is 461 Å². The van der Waals surface area contributed by atoms with Crippen molar-refractivity contribution < 1.29 is 37.3 Å². The highest BCUT2D eigenvalue weighted by molar-refractivity contribution is 7.47. The van der Waals surface area contributed by atoms with E-state index in [0.29, 0.717) is 23.9 Å². The lowest BCUT2D eigenvalue weighted by Crippen LogP contribution is -2.47. The van der Waals surface area contributed by atoms with Crippen LogP contribution in [-0.4, -0.2) is 74.3 Å². The molecule has 3 atom stereocenters. The smallest absolute Gasteiger partial charge is 0.456 e. The Morgan fingerprint density at radius 1 is 0.480 bits per heavy atom. The molecule has 75 heavy (non-hydrogen) atoms. The summed E-state index contributed by atoms with van der Waals surface area (Å²) in [5.74, 6) is -0.551. The predicted molar refractivity (Wildman–Crippen MR) is 323 cm³/mol. The van der Waals surface area contributed by atoms with Gasteiger partial charge in [-0.2, -0.15) is 0 Å². The zero-order valence-corrected chi connectivity index (χ0v) is 49.9. The number of phosphoric ester groups is 1. The summed E-state index contributed by atoms with van der Waals surface area (Å²) in [6, 6.07) is -0.871. The zero-order valence-electron chi connectivity index (χ0n) is 49.0. The summed E-state index contributed by atoms with van der Waals surface area (Å²) in [6.45, 7) is 6.74. The number of hydrogen-bond donors (Lipinski definition) is 2. The van der Waals surface area contributed by atoms with Crippen LogP contribution in [0.3, 0.4) is 0 Å². The van der Waals surface area contributed by atoms with E-state index in [4.69, 9.17) is 13.8 Å². The molecule has 0 aromatic heterocycles. The molecule has 0 saturated heterocycles. The Morgan fingerprint density at radius 3 is 1.28 bits per heavy atom. The van der Waals surface area contributed by atoms with Crippen LogP contribution in [0.5, 0.6) is 0 Å². The maximum absolute atomic E-state index is 13.5. The molecule has 0 aromatic carbocycles. The van der Waals surface area contributed by atoms with Crippen LogP contribution in [-0.2, 0) is 27.9 Å². The van der Waals surface area contributed by atoms with Gasteiger partial charge in [0, 0.05) is 12.8 Å². The largest absolute Gasteiger partial charge is 0.472 e. The summed E-state index contributed by atoms with van der Waals surface area (Å²) >= 11 is 0. The van der Waals surface area contributed by atoms with Crippen molar-refractivity contribution in [1.82, 2.24) is 5.32 Å². The van der Waals surface area contributed by atoms with Crippen molar-refractivity contribution in [3.05, 3.63) is 109 Å². The SMILES string of the molecule is CC/C=C\C/C=C\C/C=C\C/C=C\C/C=C\CCCCCCCCCC(=O)OC(/C=C\CCCCCCCCCCCC)C(COP(=O)(O)OCC[N+](C)(C)C)NC(=O)CCCCCC/C=C/C/C=C/C/C=C/CC. The fourth-order valence-electron chi connectivity index (χ4n) is 8.10. The van der Waals surface area contributed by atoms with Crippen LogP contribution in [0.4, 0.5) is 0 Å². The Balaban J connectivity index is 5.28. The van der Waals surface area contributed by atoms with E-state index in [-0.39, 0.29) is 31.5 Å². The summed E-state index contributed by atoms with van der Waals surface area (Å²) in [4.78, 5) is 37.6. The van der Waals surface area contributed by atoms with Crippen molar-refractivity contribution in [2.24, 2.45) is 0 Å². The van der Waals surface area contributed by atoms with E-state index in [1.165, 1.54) is 70.6 Å². The number of unbranched alkanes of at least 4 members (excludes halogenated alkanes) is 21. The molecule has 0 bridgehead atoms. The quantitative estimate of drug-likeness (QED) is 0.0205. The first-order chi connectivity index (χ1) is 36.4. The van der Waals surface area contributed by atoms with Crippen LogP contribution >= 0.6 is 7.82 Å². The second-order valence-corrected chi connectivity index (χ2v) is 22.6. The molecule has 0 aromatic rings. The fraction of sp³-hybridized carbons (Fsp3) is 0.692. The van der Waals surface area contributed by atoms with Crippen LogP contribution < -0.4 is 5.32 Å². The lowest BCUT2D eigenvalue weighted by atomic mass is 10.0. The molecule has 10 heteroatoms. The number of esters is 1. The topological polar surface area (TPSA) is 111 Å². The molecule has 0 heterocycles. The van der Waals surface area contributed by atoms with E-state index >= 15 is 0 Å². The van der Waals surface area contributed by atoms with Gasteiger partial charge in [-0.1, -0.05) is 227 Å². The van der Waals surface area contributed by atoms with Crippen LogP contribution in [0.15, 0.2) is 109 Å². The van der Waals surface area contributed by atoms with Gasteiger partial charge in [0.05, 0.1) is 33.8 Å². The van der Waals surface area contributed by atoms with Gasteiger partial charge in [0.1, 0.15) is 19.3 Å². The molecule has 430 valence electrons. The maximum Gasteiger partial charge on any atom is 0.472 e. The molecule has 0 fully saturated rings. The van der Waals surface area contributed by atoms with Crippen molar-refractivity contribution in [2.45, 2.75) is 251 Å². The molecule has 9 nitrogen and oxygen atoms in total. The summed E-state index contributed by atoms with van der Waals surface area (Å²) < 4.78 is 30.6. The third kappa shape index (κ3) is 55.2. The molecule has 0 aliphatic rings. The van der Waals surface area contributed by atoms with Gasteiger partial charge in [-0.15, -0.1) is 0 Å². The van der Waals surface area contributed by atoms with Crippen molar-refractivity contribution in [2.75, 3.05) is 40.9 Å². The minimum atomic E-state index is -4.46. The Bertz CT molecular complexity index is 1650. The van der Waals surface area contributed by atoms with Gasteiger partial charge in [-0.3, -0.25) is 18.6 Å². The number of hydrogen-bond acceptors (Lipinski definition) is 6. The Morgan fingerprint density at radius 2 is 0.853 bits per heavy atom. The number of ether oxygens (including phenoxy) is 1. The van der Waals surface area contributed by atoms with Crippen LogP contribution in [0.1, 0.15) is 239 Å². The number of carbonyl (C=O) groups is 2. The highest BCUT2D eigenvalue weighted by atomic mass is 31.2. The van der Waals surface area contributed by atoms with Gasteiger partial charge in [0.25, 0.3) is 0 Å². The summed E-state index contributed by atoms with van der Waals surface area (Å²) in [7, 11) is 1.46. The minimum absolute atomic E-state index is 0.0281.